The van der Waals surface area contributed by atoms with Crippen LogP contribution in [-0.4, -0.2) is 17.4 Å². The minimum atomic E-state index is -0.481. The molecule has 4 nitrogen and oxygen atoms in total. The number of amides is 1. The van der Waals surface area contributed by atoms with Crippen molar-refractivity contribution < 1.29 is 4.79 Å². The number of hydrogen-bond donors (Lipinski definition) is 2. The van der Waals surface area contributed by atoms with Gasteiger partial charge in [0.15, 0.2) is 0 Å². The Labute approximate surface area is 108 Å². The minimum Gasteiger partial charge on any atom is -0.385 e. The van der Waals surface area contributed by atoms with E-state index in [2.05, 4.69) is 17.2 Å². The van der Waals surface area contributed by atoms with Crippen LogP contribution in [0.15, 0.2) is 18.3 Å². The fourth-order valence-corrected chi connectivity index (χ4v) is 2.47. The molecular formula is C14H21N3O. The van der Waals surface area contributed by atoms with Crippen molar-refractivity contribution in [3.8, 4) is 0 Å². The van der Waals surface area contributed by atoms with Crippen molar-refractivity contribution in [2.75, 3.05) is 11.9 Å². The number of anilines is 1. The summed E-state index contributed by atoms with van der Waals surface area (Å²) in [6, 6.07) is 3.59. The van der Waals surface area contributed by atoms with Crippen molar-refractivity contribution >= 4 is 11.6 Å². The SMILES string of the molecule is CC1CCC(CNc2ccnc(C(N)=O)c2)CC1. The van der Waals surface area contributed by atoms with Gasteiger partial charge in [0.1, 0.15) is 5.69 Å². The van der Waals surface area contributed by atoms with Crippen molar-refractivity contribution in [2.45, 2.75) is 32.6 Å². The van der Waals surface area contributed by atoms with E-state index in [1.165, 1.54) is 25.7 Å². The highest BCUT2D eigenvalue weighted by Crippen LogP contribution is 2.28. The first-order chi connectivity index (χ1) is 8.65. The summed E-state index contributed by atoms with van der Waals surface area (Å²) in [5, 5.41) is 3.38. The lowest BCUT2D eigenvalue weighted by Crippen LogP contribution is -2.20. The molecule has 2 rings (SSSR count). The molecule has 1 amide bonds. The number of hydrogen-bond acceptors (Lipinski definition) is 3. The molecule has 1 aromatic heterocycles. The Balaban J connectivity index is 1.86. The Morgan fingerprint density at radius 3 is 2.83 bits per heavy atom. The highest BCUT2D eigenvalue weighted by Gasteiger charge is 2.17. The predicted octanol–water partition coefficient (Wildman–Crippen LogP) is 2.42. The fourth-order valence-electron chi connectivity index (χ4n) is 2.47. The normalized spacial score (nSPS) is 23.6. The van der Waals surface area contributed by atoms with Gasteiger partial charge >= 0.3 is 0 Å². The number of nitrogens with zero attached hydrogens (tertiary/aromatic N) is 1. The highest BCUT2D eigenvalue weighted by atomic mass is 16.1. The molecule has 0 spiro atoms. The van der Waals surface area contributed by atoms with Crippen molar-refractivity contribution in [3.63, 3.8) is 0 Å². The van der Waals surface area contributed by atoms with E-state index in [4.69, 9.17) is 5.73 Å². The first-order valence-corrected chi connectivity index (χ1v) is 6.65. The second-order valence-electron chi connectivity index (χ2n) is 5.30. The van der Waals surface area contributed by atoms with Crippen LogP contribution in [0, 0.1) is 11.8 Å². The van der Waals surface area contributed by atoms with Gasteiger partial charge in [0.25, 0.3) is 5.91 Å². The summed E-state index contributed by atoms with van der Waals surface area (Å²) in [5.74, 6) is 1.14. The Kier molecular flexibility index (Phi) is 4.18. The number of nitrogens with two attached hydrogens (primary N) is 1. The number of carbonyl (C=O) groups is 1. The van der Waals surface area contributed by atoms with Crippen molar-refractivity contribution in [2.24, 2.45) is 17.6 Å². The third kappa shape index (κ3) is 3.45. The lowest BCUT2D eigenvalue weighted by atomic mass is 9.83. The maximum absolute atomic E-state index is 11.0. The van der Waals surface area contributed by atoms with Gasteiger partial charge in [-0.05, 0) is 36.8 Å². The molecule has 1 saturated carbocycles. The Hall–Kier alpha value is -1.58. The quantitative estimate of drug-likeness (QED) is 0.858. The van der Waals surface area contributed by atoms with E-state index in [9.17, 15) is 4.79 Å². The predicted molar refractivity (Wildman–Crippen MR) is 72.4 cm³/mol. The molecule has 98 valence electrons. The summed E-state index contributed by atoms with van der Waals surface area (Å²) in [5.41, 5.74) is 6.45. The molecule has 0 saturated heterocycles. The summed E-state index contributed by atoms with van der Waals surface area (Å²) in [4.78, 5) is 15.0. The zero-order valence-corrected chi connectivity index (χ0v) is 10.9. The molecule has 0 aromatic carbocycles. The lowest BCUT2D eigenvalue weighted by molar-refractivity contribution is 0.0995. The fraction of sp³-hybridized carbons (Fsp3) is 0.571. The first-order valence-electron chi connectivity index (χ1n) is 6.65. The van der Waals surface area contributed by atoms with Gasteiger partial charge in [-0.2, -0.15) is 0 Å². The van der Waals surface area contributed by atoms with Gasteiger partial charge in [0, 0.05) is 18.4 Å². The van der Waals surface area contributed by atoms with E-state index in [1.807, 2.05) is 6.07 Å². The summed E-state index contributed by atoms with van der Waals surface area (Å²) < 4.78 is 0. The van der Waals surface area contributed by atoms with Crippen LogP contribution in [0.4, 0.5) is 5.69 Å². The Morgan fingerprint density at radius 1 is 1.44 bits per heavy atom. The number of carbonyl (C=O) groups excluding carboxylic acids is 1. The number of primary amides is 1. The molecule has 1 fully saturated rings. The maximum Gasteiger partial charge on any atom is 0.267 e. The second kappa shape index (κ2) is 5.85. The summed E-state index contributed by atoms with van der Waals surface area (Å²) in [6.07, 6.45) is 6.86. The molecule has 1 aliphatic rings. The van der Waals surface area contributed by atoms with Gasteiger partial charge in [0.05, 0.1) is 0 Å². The van der Waals surface area contributed by atoms with Crippen molar-refractivity contribution in [1.29, 1.82) is 0 Å². The van der Waals surface area contributed by atoms with Gasteiger partial charge in [-0.1, -0.05) is 19.8 Å². The molecule has 18 heavy (non-hydrogen) atoms. The standard InChI is InChI=1S/C14H21N3O/c1-10-2-4-11(5-3-10)9-17-12-6-7-16-13(8-12)14(15)18/h6-8,10-11H,2-5,9H2,1H3,(H2,15,18)(H,16,17). The zero-order valence-electron chi connectivity index (χ0n) is 10.9. The van der Waals surface area contributed by atoms with Crippen molar-refractivity contribution in [1.82, 2.24) is 4.98 Å². The molecule has 1 aromatic rings. The molecule has 4 heteroatoms. The van der Waals surface area contributed by atoms with Gasteiger partial charge in [-0.25, -0.2) is 0 Å². The van der Waals surface area contributed by atoms with E-state index < -0.39 is 5.91 Å². The monoisotopic (exact) mass is 247 g/mol. The maximum atomic E-state index is 11.0. The largest absolute Gasteiger partial charge is 0.385 e. The summed E-state index contributed by atoms with van der Waals surface area (Å²) >= 11 is 0. The van der Waals surface area contributed by atoms with Crippen LogP contribution in [0.25, 0.3) is 0 Å². The molecule has 0 radical (unpaired) electrons. The van der Waals surface area contributed by atoms with Crippen LogP contribution in [0.5, 0.6) is 0 Å². The highest BCUT2D eigenvalue weighted by molar-refractivity contribution is 5.91. The van der Waals surface area contributed by atoms with Gasteiger partial charge in [-0.15, -0.1) is 0 Å². The van der Waals surface area contributed by atoms with Crippen LogP contribution in [-0.2, 0) is 0 Å². The average molecular weight is 247 g/mol. The van der Waals surface area contributed by atoms with Gasteiger partial charge in [-0.3, -0.25) is 9.78 Å². The minimum absolute atomic E-state index is 0.317. The number of nitrogens with one attached hydrogen (secondary N) is 1. The van der Waals surface area contributed by atoms with E-state index in [0.29, 0.717) is 5.69 Å². The molecule has 0 unspecified atom stereocenters. The molecular weight excluding hydrogens is 226 g/mol. The average Bonchev–Trinajstić information content (AvgIpc) is 2.38. The van der Waals surface area contributed by atoms with E-state index in [0.717, 1.165) is 24.1 Å². The third-order valence-corrected chi connectivity index (χ3v) is 3.74. The first kappa shape index (κ1) is 12.9. The van der Waals surface area contributed by atoms with Crippen LogP contribution in [0.1, 0.15) is 43.1 Å². The summed E-state index contributed by atoms with van der Waals surface area (Å²) in [6.45, 7) is 3.29. The number of rotatable bonds is 4. The number of aromatic nitrogens is 1. The lowest BCUT2D eigenvalue weighted by Gasteiger charge is -2.26. The Morgan fingerprint density at radius 2 is 2.17 bits per heavy atom. The molecule has 0 atom stereocenters. The van der Waals surface area contributed by atoms with E-state index in [1.54, 1.807) is 12.3 Å². The smallest absolute Gasteiger partial charge is 0.267 e. The van der Waals surface area contributed by atoms with Gasteiger partial charge in [0.2, 0.25) is 0 Å². The van der Waals surface area contributed by atoms with Crippen LogP contribution < -0.4 is 11.1 Å². The molecule has 0 aliphatic heterocycles. The second-order valence-corrected chi connectivity index (χ2v) is 5.30. The Bertz CT molecular complexity index is 411. The van der Waals surface area contributed by atoms with Crippen molar-refractivity contribution in [3.05, 3.63) is 24.0 Å². The van der Waals surface area contributed by atoms with E-state index in [-0.39, 0.29) is 0 Å². The molecule has 1 aliphatic carbocycles. The van der Waals surface area contributed by atoms with Crippen LogP contribution in [0.3, 0.4) is 0 Å². The number of pyridine rings is 1. The van der Waals surface area contributed by atoms with Crippen LogP contribution >= 0.6 is 0 Å². The zero-order chi connectivity index (χ0) is 13.0. The summed E-state index contributed by atoms with van der Waals surface area (Å²) in [7, 11) is 0. The third-order valence-electron chi connectivity index (χ3n) is 3.74. The molecule has 0 bridgehead atoms. The van der Waals surface area contributed by atoms with E-state index >= 15 is 0 Å². The molecule has 1 heterocycles. The van der Waals surface area contributed by atoms with Gasteiger partial charge < -0.3 is 11.1 Å². The topological polar surface area (TPSA) is 68.0 Å². The van der Waals surface area contributed by atoms with Crippen LogP contribution in [0.2, 0.25) is 0 Å². The molecule has 3 N–H and O–H groups in total.